The van der Waals surface area contributed by atoms with Gasteiger partial charge >= 0.3 is 11.9 Å². The van der Waals surface area contributed by atoms with Gasteiger partial charge in [0, 0.05) is 21.9 Å². The molecule has 0 bridgehead atoms. The minimum Gasteiger partial charge on any atom is -0.497 e. The molecule has 0 saturated carbocycles. The molecule has 2 aromatic heterocycles. The van der Waals surface area contributed by atoms with Crippen molar-refractivity contribution in [2.24, 2.45) is 0 Å². The van der Waals surface area contributed by atoms with Gasteiger partial charge in [0.15, 0.2) is 0 Å². The molecule has 0 aliphatic heterocycles. The van der Waals surface area contributed by atoms with Gasteiger partial charge in [-0.3, -0.25) is 9.59 Å². The van der Waals surface area contributed by atoms with Gasteiger partial charge in [0.25, 0.3) is 11.8 Å². The number of rotatable bonds is 10. The molecule has 2 amide bonds. The van der Waals surface area contributed by atoms with Crippen LogP contribution < -0.4 is 15.4 Å². The highest BCUT2D eigenvalue weighted by Gasteiger charge is 2.16. The molecule has 0 saturated heterocycles. The van der Waals surface area contributed by atoms with E-state index in [0.29, 0.717) is 50.5 Å². The third kappa shape index (κ3) is 9.59. The van der Waals surface area contributed by atoms with Crippen LogP contribution in [0.1, 0.15) is 66.8 Å². The first kappa shape index (κ1) is 41.0. The monoisotopic (exact) mass is 808 g/mol. The predicted octanol–water partition coefficient (Wildman–Crippen LogP) is 10.8. The van der Waals surface area contributed by atoms with Crippen LogP contribution >= 0.6 is 0 Å². The van der Waals surface area contributed by atoms with Gasteiger partial charge in [-0.15, -0.1) is 0 Å². The number of ether oxygens (including phenoxy) is 1. The number of aromatic nitrogens is 2. The van der Waals surface area contributed by atoms with Crippen LogP contribution in [0.25, 0.3) is 44.1 Å². The highest BCUT2D eigenvalue weighted by molar-refractivity contribution is 6.09. The zero-order valence-corrected chi connectivity index (χ0v) is 33.4. The first-order valence-electron chi connectivity index (χ1n) is 19.3. The summed E-state index contributed by atoms with van der Waals surface area (Å²) >= 11 is 0. The maximum atomic E-state index is 13.0. The Morgan fingerprint density at radius 3 is 1.36 bits per heavy atom. The molecular formula is C50H40N4O7. The number of aromatic carboxylic acids is 2. The van der Waals surface area contributed by atoms with Crippen LogP contribution in [0.2, 0.25) is 0 Å². The first-order valence-corrected chi connectivity index (χ1v) is 19.3. The molecule has 0 radical (unpaired) electrons. The molecule has 0 spiro atoms. The van der Waals surface area contributed by atoms with Crippen molar-refractivity contribution < 1.29 is 34.1 Å². The lowest BCUT2D eigenvalue weighted by atomic mass is 9.96. The fourth-order valence-corrected chi connectivity index (χ4v) is 6.71. The quantitative estimate of drug-likeness (QED) is 0.105. The van der Waals surface area contributed by atoms with Crippen molar-refractivity contribution in [3.05, 3.63) is 186 Å². The Hall–Kier alpha value is -8.18. The molecule has 6 aromatic carbocycles. The minimum absolute atomic E-state index is 0.189. The van der Waals surface area contributed by atoms with E-state index in [0.717, 1.165) is 28.0 Å². The van der Waals surface area contributed by atoms with Gasteiger partial charge in [0.05, 0.1) is 29.3 Å². The summed E-state index contributed by atoms with van der Waals surface area (Å²) in [6.45, 7) is 4.30. The maximum absolute atomic E-state index is 13.0. The highest BCUT2D eigenvalue weighted by atomic mass is 16.5. The van der Waals surface area contributed by atoms with Crippen molar-refractivity contribution >= 4 is 57.2 Å². The molecule has 2 heterocycles. The molecule has 302 valence electrons. The number of methoxy groups -OCH3 is 1. The predicted molar refractivity (Wildman–Crippen MR) is 238 cm³/mol. The molecule has 0 atom stereocenters. The third-order valence-electron chi connectivity index (χ3n) is 9.99. The zero-order valence-electron chi connectivity index (χ0n) is 33.4. The summed E-state index contributed by atoms with van der Waals surface area (Å²) in [5.41, 5.74) is 7.44. The average Bonchev–Trinajstić information content (AvgIpc) is 3.28. The summed E-state index contributed by atoms with van der Waals surface area (Å²) in [5.74, 6) is -0.536. The van der Waals surface area contributed by atoms with Crippen molar-refractivity contribution in [2.75, 3.05) is 17.7 Å². The number of pyridine rings is 2. The number of anilines is 2. The number of nitrogens with zero attached hydrogens (tertiary/aromatic N) is 2. The lowest BCUT2D eigenvalue weighted by molar-refractivity contribution is 0.0686. The second kappa shape index (κ2) is 18.2. The Bertz CT molecular complexity index is 2930. The fraction of sp³-hybridized carbons (Fsp3) is 0.0800. The summed E-state index contributed by atoms with van der Waals surface area (Å²) in [6, 6.07) is 46.7. The van der Waals surface area contributed by atoms with Crippen molar-refractivity contribution in [1.29, 1.82) is 0 Å². The number of benzene rings is 6. The van der Waals surface area contributed by atoms with E-state index in [1.54, 1.807) is 67.8 Å². The summed E-state index contributed by atoms with van der Waals surface area (Å²) in [4.78, 5) is 57.1. The second-order valence-corrected chi connectivity index (χ2v) is 14.3. The SMILES string of the molecule is CC(C)c1ccc(-c2ccccc2C(=O)Nc2ccc3cc(C(=O)O)ccc3n2)cc1.COc1ccc(-c2ccccc2C(=O)Nc2ccc3cc(C(=O)O)ccc3n2)cc1. The van der Waals surface area contributed by atoms with Gasteiger partial charge in [-0.2, -0.15) is 0 Å². The number of amides is 2. The van der Waals surface area contributed by atoms with Crippen LogP contribution in [0.3, 0.4) is 0 Å². The molecule has 0 fully saturated rings. The largest absolute Gasteiger partial charge is 0.497 e. The first-order chi connectivity index (χ1) is 29.5. The van der Waals surface area contributed by atoms with Crippen LogP contribution in [-0.2, 0) is 0 Å². The normalized spacial score (nSPS) is 10.8. The average molecular weight is 809 g/mol. The van der Waals surface area contributed by atoms with Gasteiger partial charge < -0.3 is 25.6 Å². The highest BCUT2D eigenvalue weighted by Crippen LogP contribution is 2.29. The number of carbonyl (C=O) groups is 4. The van der Waals surface area contributed by atoms with Gasteiger partial charge in [-0.1, -0.05) is 86.6 Å². The lowest BCUT2D eigenvalue weighted by Crippen LogP contribution is -2.14. The standard InChI is InChI=1S/C26H22N2O3.C24H18N2O4/c1-16(2)17-7-9-18(10-8-17)21-5-3-4-6-22(21)25(29)28-24-14-12-19-15-20(26(30)31)11-13-23(19)27-24;1-30-18-10-6-15(7-11-18)19-4-2-3-5-20(19)23(27)26-22-13-9-16-14-17(24(28)29)8-12-21(16)25-22/h3-16H,1-2H3,(H,30,31)(H,27,28,29);2-14H,1H3,(H,28,29)(H,25,26,27). The number of hydrogen-bond donors (Lipinski definition) is 4. The molecule has 11 nitrogen and oxygen atoms in total. The van der Waals surface area contributed by atoms with Crippen LogP contribution in [0.15, 0.2) is 158 Å². The lowest BCUT2D eigenvalue weighted by Gasteiger charge is -2.12. The van der Waals surface area contributed by atoms with E-state index < -0.39 is 11.9 Å². The van der Waals surface area contributed by atoms with E-state index in [-0.39, 0.29) is 22.9 Å². The number of fused-ring (bicyclic) bond motifs is 2. The fourth-order valence-electron chi connectivity index (χ4n) is 6.71. The summed E-state index contributed by atoms with van der Waals surface area (Å²) in [5, 5.41) is 25.3. The van der Waals surface area contributed by atoms with E-state index in [9.17, 15) is 19.2 Å². The van der Waals surface area contributed by atoms with Gasteiger partial charge in [0.2, 0.25) is 0 Å². The Labute approximate surface area is 351 Å². The molecule has 61 heavy (non-hydrogen) atoms. The zero-order chi connectivity index (χ0) is 43.0. The molecule has 11 heteroatoms. The Kier molecular flexibility index (Phi) is 12.2. The van der Waals surface area contributed by atoms with Crippen LogP contribution in [-0.4, -0.2) is 51.0 Å². The van der Waals surface area contributed by atoms with Crippen molar-refractivity contribution in [3.8, 4) is 28.0 Å². The summed E-state index contributed by atoms with van der Waals surface area (Å²) in [7, 11) is 1.61. The van der Waals surface area contributed by atoms with E-state index in [1.807, 2.05) is 72.8 Å². The van der Waals surface area contributed by atoms with Gasteiger partial charge in [0.1, 0.15) is 17.4 Å². The maximum Gasteiger partial charge on any atom is 0.335 e. The molecular weight excluding hydrogens is 769 g/mol. The smallest absolute Gasteiger partial charge is 0.335 e. The molecule has 8 aromatic rings. The van der Waals surface area contributed by atoms with Crippen molar-refractivity contribution in [1.82, 2.24) is 9.97 Å². The van der Waals surface area contributed by atoms with Gasteiger partial charge in [-0.05, 0) is 119 Å². The summed E-state index contributed by atoms with van der Waals surface area (Å²) < 4.78 is 5.20. The number of carbonyl (C=O) groups excluding carboxylic acids is 2. The molecule has 8 rings (SSSR count). The molecule has 0 aliphatic rings. The number of carboxylic acid groups (broad SMARTS) is 2. The van der Waals surface area contributed by atoms with Crippen molar-refractivity contribution in [3.63, 3.8) is 0 Å². The summed E-state index contributed by atoms with van der Waals surface area (Å²) in [6.07, 6.45) is 0. The van der Waals surface area contributed by atoms with E-state index in [1.165, 1.54) is 17.7 Å². The number of carboxylic acids is 2. The number of hydrogen-bond acceptors (Lipinski definition) is 7. The molecule has 0 unspecified atom stereocenters. The van der Waals surface area contributed by atoms with Gasteiger partial charge in [-0.25, -0.2) is 19.6 Å². The molecule has 0 aliphatic carbocycles. The Morgan fingerprint density at radius 1 is 0.525 bits per heavy atom. The Balaban J connectivity index is 0.000000184. The van der Waals surface area contributed by atoms with E-state index in [2.05, 4.69) is 46.6 Å². The van der Waals surface area contributed by atoms with Crippen molar-refractivity contribution in [2.45, 2.75) is 19.8 Å². The van der Waals surface area contributed by atoms with Crippen LogP contribution in [0.4, 0.5) is 11.6 Å². The van der Waals surface area contributed by atoms with Crippen LogP contribution in [0.5, 0.6) is 5.75 Å². The molecule has 4 N–H and O–H groups in total. The minimum atomic E-state index is -0.996. The van der Waals surface area contributed by atoms with E-state index >= 15 is 0 Å². The van der Waals surface area contributed by atoms with Crippen LogP contribution in [0, 0.1) is 0 Å². The number of nitrogens with one attached hydrogen (secondary N) is 2. The Morgan fingerprint density at radius 2 is 0.951 bits per heavy atom. The second-order valence-electron chi connectivity index (χ2n) is 14.3. The topological polar surface area (TPSA) is 168 Å². The van der Waals surface area contributed by atoms with E-state index in [4.69, 9.17) is 14.9 Å². The third-order valence-corrected chi connectivity index (χ3v) is 9.99.